The first-order valence-electron chi connectivity index (χ1n) is 16.6. The van der Waals surface area contributed by atoms with E-state index in [1.807, 2.05) is 0 Å². The van der Waals surface area contributed by atoms with Crippen LogP contribution in [-0.2, 0) is 130 Å². The van der Waals surface area contributed by atoms with E-state index in [1.165, 1.54) is 41.5 Å². The predicted octanol–water partition coefficient (Wildman–Crippen LogP) is -1.52. The topological polar surface area (TPSA) is 469 Å². The Morgan fingerprint density at radius 3 is 0.344 bits per heavy atom. The van der Waals surface area contributed by atoms with Crippen LogP contribution < -0.4 is 0 Å². The molecule has 8 N–H and O–H groups in total. The Hall–Kier alpha value is -5.79. The Morgan fingerprint density at radius 1 is 0.266 bits per heavy atom. The van der Waals surface area contributed by atoms with Gasteiger partial charge in [-0.3, -0.25) is 57.5 Å². The first-order valence-corrected chi connectivity index (χ1v) is 16.6. The molecule has 0 aliphatic carbocycles. The molecule has 28 heteroatoms. The van der Waals surface area contributed by atoms with E-state index in [0.717, 1.165) is 0 Å². The number of hydrogen-bond acceptors (Lipinski definition) is 20. The molecule has 0 unspecified atom stereocenters. The van der Waals surface area contributed by atoms with E-state index < -0.39 is 144 Å². The van der Waals surface area contributed by atoms with Crippen LogP contribution in [0.25, 0.3) is 0 Å². The average Bonchev–Trinajstić information content (AvgIpc) is 3.03. The number of aliphatic carboxylic acids is 6. The van der Waals surface area contributed by atoms with E-state index in [9.17, 15) is 86.3 Å². The number of carbonyl (C=O) groups excluding carboxylic acids is 12. The maximum absolute atomic E-state index is 10.1. The third-order valence-corrected chi connectivity index (χ3v) is 3.89. The standard InChI is InChI=1S/6C5H6O4.2C3H8O.2Ti/c6*1-3(6)2-4(7)5(8)9;2*1-3(2)4;;/h6*2H2,1H3,(H,8,9);2*3-4H,1-2H3;;. The van der Waals surface area contributed by atoms with Crippen LogP contribution in [0, 0.1) is 0 Å². The minimum atomic E-state index is -1.55. The van der Waals surface area contributed by atoms with Gasteiger partial charge in [0.1, 0.15) is 34.7 Å². The molecule has 0 aliphatic heterocycles. The number of Topliss-reactive ketones (excluding diaryl/α,β-unsaturated/α-hetero) is 12. The zero-order valence-corrected chi connectivity index (χ0v) is 39.4. The Balaban J connectivity index is -0.0000000657. The van der Waals surface area contributed by atoms with Gasteiger partial charge in [0.2, 0.25) is 34.7 Å². The number of aliphatic hydroxyl groups is 2. The summed E-state index contributed by atoms with van der Waals surface area (Å²) in [5.41, 5.74) is 0. The molecule has 0 heterocycles. The second kappa shape index (κ2) is 49.9. The summed E-state index contributed by atoms with van der Waals surface area (Å²) in [6.07, 6.45) is -3.36. The zero-order valence-electron chi connectivity index (χ0n) is 36.3. The number of hydrogen-bond donors (Lipinski definition) is 8. The molecule has 0 saturated carbocycles. The van der Waals surface area contributed by atoms with Crippen LogP contribution in [0.4, 0.5) is 0 Å². The van der Waals surface area contributed by atoms with Crippen LogP contribution in [-0.4, -0.2) is 158 Å². The molecule has 0 aromatic rings. The molecule has 360 valence electrons. The molecule has 0 aromatic carbocycles. The van der Waals surface area contributed by atoms with Gasteiger partial charge in [0.25, 0.3) is 0 Å². The first kappa shape index (κ1) is 82.0. The van der Waals surface area contributed by atoms with Gasteiger partial charge in [-0.2, -0.15) is 0 Å². The molecular formula is C36H52O26Ti2. The smallest absolute Gasteiger partial charge is 0.372 e. The second-order valence-electron chi connectivity index (χ2n) is 11.8. The summed E-state index contributed by atoms with van der Waals surface area (Å²) in [7, 11) is 0. The third-order valence-electron chi connectivity index (χ3n) is 3.89. The number of ketones is 12. The van der Waals surface area contributed by atoms with E-state index in [2.05, 4.69) is 0 Å². The van der Waals surface area contributed by atoms with E-state index in [1.54, 1.807) is 27.7 Å². The molecule has 0 spiro atoms. The average molecular weight is 997 g/mol. The normalized spacial score (nSPS) is 8.34. The Kier molecular flexibility index (Phi) is 63.9. The van der Waals surface area contributed by atoms with E-state index in [-0.39, 0.29) is 55.6 Å². The van der Waals surface area contributed by atoms with E-state index in [4.69, 9.17) is 40.9 Å². The summed E-state index contributed by atoms with van der Waals surface area (Å²) in [6, 6.07) is 0. The van der Waals surface area contributed by atoms with E-state index >= 15 is 0 Å². The van der Waals surface area contributed by atoms with Crippen molar-refractivity contribution in [1.29, 1.82) is 0 Å². The van der Waals surface area contributed by atoms with Crippen molar-refractivity contribution in [1.82, 2.24) is 0 Å². The van der Waals surface area contributed by atoms with Gasteiger partial charge < -0.3 is 40.9 Å². The van der Waals surface area contributed by atoms with Crippen molar-refractivity contribution in [3.63, 3.8) is 0 Å². The van der Waals surface area contributed by atoms with Gasteiger partial charge in [-0.25, -0.2) is 28.8 Å². The molecule has 0 bridgehead atoms. The largest absolute Gasteiger partial charge is 0.475 e. The molecule has 26 nitrogen and oxygen atoms in total. The van der Waals surface area contributed by atoms with Gasteiger partial charge in [-0.05, 0) is 69.2 Å². The van der Waals surface area contributed by atoms with Crippen LogP contribution in [0.5, 0.6) is 0 Å². The van der Waals surface area contributed by atoms with Crippen LogP contribution in [0.15, 0.2) is 0 Å². The van der Waals surface area contributed by atoms with Crippen LogP contribution in [0.1, 0.15) is 108 Å². The summed E-state index contributed by atoms with van der Waals surface area (Å²) >= 11 is 0. The summed E-state index contributed by atoms with van der Waals surface area (Å²) in [6.45, 7) is 13.9. The SMILES string of the molecule is CC(=O)CC(=O)C(=O)O.CC(=O)CC(=O)C(=O)O.CC(=O)CC(=O)C(=O)O.CC(=O)CC(=O)C(=O)O.CC(=O)CC(=O)C(=O)O.CC(=O)CC(=O)C(=O)O.CC(C)O.CC(C)O.[Ti].[Ti]. The van der Waals surface area contributed by atoms with Crippen molar-refractivity contribution in [2.24, 2.45) is 0 Å². The molecule has 0 aliphatic rings. The molecule has 0 fully saturated rings. The summed E-state index contributed by atoms with van der Waals surface area (Å²) in [5.74, 6) is -18.2. The van der Waals surface area contributed by atoms with Gasteiger partial charge in [0.15, 0.2) is 0 Å². The van der Waals surface area contributed by atoms with Gasteiger partial charge >= 0.3 is 35.8 Å². The molecule has 0 atom stereocenters. The molecule has 64 heavy (non-hydrogen) atoms. The number of rotatable bonds is 18. The molecule has 0 radical (unpaired) electrons. The van der Waals surface area contributed by atoms with Crippen molar-refractivity contribution < 1.29 is 171 Å². The Bertz CT molecular complexity index is 1350. The van der Waals surface area contributed by atoms with Gasteiger partial charge in [0, 0.05) is 55.6 Å². The minimum Gasteiger partial charge on any atom is -0.475 e. The maximum atomic E-state index is 10.1. The first-order chi connectivity index (χ1) is 27.7. The van der Waals surface area contributed by atoms with Crippen LogP contribution in [0.3, 0.4) is 0 Å². The van der Waals surface area contributed by atoms with Crippen molar-refractivity contribution in [2.75, 3.05) is 0 Å². The second-order valence-corrected chi connectivity index (χ2v) is 11.8. The fourth-order valence-corrected chi connectivity index (χ4v) is 1.81. The predicted molar refractivity (Wildman–Crippen MR) is 202 cm³/mol. The Morgan fingerprint density at radius 2 is 0.328 bits per heavy atom. The fourth-order valence-electron chi connectivity index (χ4n) is 1.81. The number of aliphatic hydroxyl groups excluding tert-OH is 2. The molecule has 0 rings (SSSR count). The molecule has 0 amide bonds. The maximum Gasteiger partial charge on any atom is 0.372 e. The van der Waals surface area contributed by atoms with Gasteiger partial charge in [-0.15, -0.1) is 0 Å². The molecular weight excluding hydrogens is 944 g/mol. The van der Waals surface area contributed by atoms with Gasteiger partial charge in [-0.1, -0.05) is 0 Å². The number of carboxylic acid groups (broad SMARTS) is 6. The summed E-state index contributed by atoms with van der Waals surface area (Å²) < 4.78 is 0. The summed E-state index contributed by atoms with van der Waals surface area (Å²) in [5, 5.41) is 63.7. The van der Waals surface area contributed by atoms with Crippen molar-refractivity contribution in [3.8, 4) is 0 Å². The van der Waals surface area contributed by atoms with Crippen molar-refractivity contribution in [2.45, 2.75) is 120 Å². The number of carbonyl (C=O) groups is 18. The zero-order chi connectivity index (χ0) is 51.8. The monoisotopic (exact) mass is 996 g/mol. The quantitative estimate of drug-likeness (QED) is 0.0439. The van der Waals surface area contributed by atoms with Crippen molar-refractivity contribution in [3.05, 3.63) is 0 Å². The summed E-state index contributed by atoms with van der Waals surface area (Å²) in [4.78, 5) is 180. The molecule has 0 saturated heterocycles. The van der Waals surface area contributed by atoms with Crippen molar-refractivity contribution >= 4 is 105 Å². The molecule has 0 aromatic heterocycles. The van der Waals surface area contributed by atoms with Crippen LogP contribution in [0.2, 0.25) is 0 Å². The minimum absolute atomic E-state index is 0. The Labute approximate surface area is 394 Å². The van der Waals surface area contributed by atoms with E-state index in [0.29, 0.717) is 0 Å². The third kappa shape index (κ3) is 96.2. The van der Waals surface area contributed by atoms with Gasteiger partial charge in [0.05, 0.1) is 38.5 Å². The number of carboxylic acids is 6. The fraction of sp³-hybridized carbons (Fsp3) is 0.500. The van der Waals surface area contributed by atoms with Crippen LogP contribution >= 0.6 is 0 Å².